The van der Waals surface area contributed by atoms with Crippen LogP contribution >= 0.6 is 11.8 Å². The van der Waals surface area contributed by atoms with E-state index in [1.54, 1.807) is 31.3 Å². The first-order chi connectivity index (χ1) is 10.0. The molecule has 0 radical (unpaired) electrons. The van der Waals surface area contributed by atoms with Gasteiger partial charge < -0.3 is 4.90 Å². The van der Waals surface area contributed by atoms with Crippen LogP contribution in [0.4, 0.5) is 4.39 Å². The lowest BCUT2D eigenvalue weighted by Gasteiger charge is -2.17. The summed E-state index contributed by atoms with van der Waals surface area (Å²) in [6, 6.07) is 8.06. The predicted molar refractivity (Wildman–Crippen MR) is 80.7 cm³/mol. The number of carbonyl (C=O) groups excluding carboxylic acids is 1. The maximum atomic E-state index is 13.6. The second-order valence-electron chi connectivity index (χ2n) is 4.63. The van der Waals surface area contributed by atoms with Crippen LogP contribution in [0, 0.1) is 12.7 Å². The Kier molecular flexibility index (Phi) is 4.90. The van der Waals surface area contributed by atoms with Gasteiger partial charge in [-0.3, -0.25) is 4.79 Å². The van der Waals surface area contributed by atoms with Gasteiger partial charge in [0.2, 0.25) is 0 Å². The summed E-state index contributed by atoms with van der Waals surface area (Å²) >= 11 is 1.38. The quantitative estimate of drug-likeness (QED) is 0.643. The number of nitrogens with zero attached hydrogens (tertiary/aromatic N) is 3. The first-order valence-corrected chi connectivity index (χ1v) is 7.62. The minimum Gasteiger partial charge on any atom is -0.336 e. The van der Waals surface area contributed by atoms with E-state index in [2.05, 4.69) is 9.97 Å². The summed E-state index contributed by atoms with van der Waals surface area (Å²) in [6.45, 7) is 2.01. The molecule has 0 N–H and O–H groups in total. The number of rotatable bonds is 4. The fraction of sp³-hybridized carbons (Fsp3) is 0.267. The SMILES string of the molecule is CSc1nc(C)cc(C(=O)N(C)Cc2ccccc2F)n1. The molecular formula is C15H16FN3OS. The first kappa shape index (κ1) is 15.4. The van der Waals surface area contributed by atoms with Gasteiger partial charge in [0.1, 0.15) is 11.5 Å². The third-order valence-electron chi connectivity index (χ3n) is 2.95. The highest BCUT2D eigenvalue weighted by atomic mass is 32.2. The summed E-state index contributed by atoms with van der Waals surface area (Å²) in [4.78, 5) is 22.3. The zero-order valence-corrected chi connectivity index (χ0v) is 12.9. The number of hydrogen-bond acceptors (Lipinski definition) is 4. The van der Waals surface area contributed by atoms with E-state index in [0.29, 0.717) is 16.4 Å². The molecular weight excluding hydrogens is 289 g/mol. The Hall–Kier alpha value is -1.95. The molecule has 0 bridgehead atoms. The van der Waals surface area contributed by atoms with Crippen molar-refractivity contribution in [1.82, 2.24) is 14.9 Å². The molecule has 1 aromatic carbocycles. The van der Waals surface area contributed by atoms with Gasteiger partial charge in [-0.2, -0.15) is 0 Å². The molecule has 21 heavy (non-hydrogen) atoms. The molecule has 1 heterocycles. The lowest BCUT2D eigenvalue weighted by Crippen LogP contribution is -2.27. The normalized spacial score (nSPS) is 10.5. The lowest BCUT2D eigenvalue weighted by atomic mass is 10.2. The summed E-state index contributed by atoms with van der Waals surface area (Å²) in [5, 5.41) is 0.553. The Morgan fingerprint density at radius 3 is 2.71 bits per heavy atom. The summed E-state index contributed by atoms with van der Waals surface area (Å²) in [6.07, 6.45) is 1.85. The van der Waals surface area contributed by atoms with Gasteiger partial charge in [0.15, 0.2) is 5.16 Å². The number of aromatic nitrogens is 2. The van der Waals surface area contributed by atoms with Gasteiger partial charge in [0.05, 0.1) is 0 Å². The number of aryl methyl sites for hydroxylation is 1. The molecule has 0 aliphatic carbocycles. The Balaban J connectivity index is 2.20. The number of amides is 1. The smallest absolute Gasteiger partial charge is 0.272 e. The molecule has 0 aliphatic heterocycles. The van der Waals surface area contributed by atoms with Crippen molar-refractivity contribution in [2.45, 2.75) is 18.6 Å². The molecule has 0 saturated carbocycles. The van der Waals surface area contributed by atoms with Crippen molar-refractivity contribution in [2.75, 3.05) is 13.3 Å². The Morgan fingerprint density at radius 1 is 1.33 bits per heavy atom. The van der Waals surface area contributed by atoms with Gasteiger partial charge in [-0.25, -0.2) is 14.4 Å². The standard InChI is InChI=1S/C15H16FN3OS/c1-10-8-13(18-15(17-10)21-3)14(20)19(2)9-11-6-4-5-7-12(11)16/h4-8H,9H2,1-3H3. The zero-order valence-electron chi connectivity index (χ0n) is 12.1. The molecule has 0 spiro atoms. The maximum absolute atomic E-state index is 13.6. The third kappa shape index (κ3) is 3.78. The van der Waals surface area contributed by atoms with E-state index >= 15 is 0 Å². The van der Waals surface area contributed by atoms with Crippen molar-refractivity contribution in [2.24, 2.45) is 0 Å². The third-order valence-corrected chi connectivity index (χ3v) is 3.50. The first-order valence-electron chi connectivity index (χ1n) is 6.40. The minimum absolute atomic E-state index is 0.198. The topological polar surface area (TPSA) is 46.1 Å². The van der Waals surface area contributed by atoms with Crippen LogP contribution in [0.15, 0.2) is 35.5 Å². The molecule has 2 aromatic rings. The van der Waals surface area contributed by atoms with Crippen LogP contribution in [0.25, 0.3) is 0 Å². The van der Waals surface area contributed by atoms with Crippen LogP contribution in [-0.2, 0) is 6.54 Å². The Labute approximate surface area is 127 Å². The maximum Gasteiger partial charge on any atom is 0.272 e. The molecule has 0 aliphatic rings. The van der Waals surface area contributed by atoms with Crippen molar-refractivity contribution in [3.05, 3.63) is 53.1 Å². The average Bonchev–Trinajstić information content (AvgIpc) is 2.48. The second kappa shape index (κ2) is 6.67. The van der Waals surface area contributed by atoms with E-state index in [-0.39, 0.29) is 18.3 Å². The number of carbonyl (C=O) groups is 1. The summed E-state index contributed by atoms with van der Waals surface area (Å²) in [5.41, 5.74) is 1.53. The van der Waals surface area contributed by atoms with Crippen LogP contribution < -0.4 is 0 Å². The summed E-state index contributed by atoms with van der Waals surface area (Å²) in [5.74, 6) is -0.570. The highest BCUT2D eigenvalue weighted by Gasteiger charge is 2.16. The van der Waals surface area contributed by atoms with E-state index in [1.807, 2.05) is 13.2 Å². The molecule has 2 rings (SSSR count). The average molecular weight is 305 g/mol. The van der Waals surface area contributed by atoms with Crippen molar-refractivity contribution in [3.63, 3.8) is 0 Å². The van der Waals surface area contributed by atoms with Crippen LogP contribution in [-0.4, -0.2) is 34.1 Å². The van der Waals surface area contributed by atoms with E-state index in [1.165, 1.54) is 22.7 Å². The number of thioether (sulfide) groups is 1. The molecule has 1 amide bonds. The molecule has 0 unspecified atom stereocenters. The highest BCUT2D eigenvalue weighted by Crippen LogP contribution is 2.14. The van der Waals surface area contributed by atoms with E-state index in [0.717, 1.165) is 5.69 Å². The fourth-order valence-electron chi connectivity index (χ4n) is 1.89. The van der Waals surface area contributed by atoms with Crippen LogP contribution in [0.1, 0.15) is 21.7 Å². The van der Waals surface area contributed by atoms with E-state index in [4.69, 9.17) is 0 Å². The van der Waals surface area contributed by atoms with Gasteiger partial charge in [-0.15, -0.1) is 0 Å². The Morgan fingerprint density at radius 2 is 2.05 bits per heavy atom. The Bertz CT molecular complexity index is 663. The van der Waals surface area contributed by atoms with Gasteiger partial charge >= 0.3 is 0 Å². The highest BCUT2D eigenvalue weighted by molar-refractivity contribution is 7.98. The molecule has 0 fully saturated rings. The van der Waals surface area contributed by atoms with Crippen molar-refractivity contribution in [1.29, 1.82) is 0 Å². The van der Waals surface area contributed by atoms with Crippen LogP contribution in [0.3, 0.4) is 0 Å². The van der Waals surface area contributed by atoms with Gasteiger partial charge in [0.25, 0.3) is 5.91 Å². The summed E-state index contributed by atoms with van der Waals surface area (Å²) in [7, 11) is 1.63. The second-order valence-corrected chi connectivity index (χ2v) is 5.41. The molecule has 4 nitrogen and oxygen atoms in total. The molecule has 0 saturated heterocycles. The number of benzene rings is 1. The largest absolute Gasteiger partial charge is 0.336 e. The number of hydrogen-bond donors (Lipinski definition) is 0. The molecule has 6 heteroatoms. The molecule has 110 valence electrons. The van der Waals surface area contributed by atoms with Gasteiger partial charge in [-0.1, -0.05) is 30.0 Å². The minimum atomic E-state index is -0.319. The number of halogens is 1. The summed E-state index contributed by atoms with van der Waals surface area (Å²) < 4.78 is 13.6. The predicted octanol–water partition coefficient (Wildman–Crippen LogP) is 2.92. The fourth-order valence-corrected chi connectivity index (χ4v) is 2.32. The zero-order chi connectivity index (χ0) is 15.4. The molecule has 1 aromatic heterocycles. The lowest BCUT2D eigenvalue weighted by molar-refractivity contribution is 0.0777. The van der Waals surface area contributed by atoms with Crippen molar-refractivity contribution in [3.8, 4) is 0 Å². The van der Waals surface area contributed by atoms with Gasteiger partial charge in [-0.05, 0) is 25.3 Å². The van der Waals surface area contributed by atoms with Crippen molar-refractivity contribution < 1.29 is 9.18 Å². The van der Waals surface area contributed by atoms with Crippen LogP contribution in [0.5, 0.6) is 0 Å². The van der Waals surface area contributed by atoms with Crippen molar-refractivity contribution >= 4 is 17.7 Å². The van der Waals surface area contributed by atoms with E-state index in [9.17, 15) is 9.18 Å². The van der Waals surface area contributed by atoms with E-state index < -0.39 is 0 Å². The molecule has 0 atom stereocenters. The van der Waals surface area contributed by atoms with Gasteiger partial charge in [0, 0.05) is 24.8 Å². The monoisotopic (exact) mass is 305 g/mol. The van der Waals surface area contributed by atoms with Crippen LogP contribution in [0.2, 0.25) is 0 Å².